The molecule has 1 N–H and O–H groups in total. The number of carbonyl (C=O) groups is 2. The smallest absolute Gasteiger partial charge is 0.305 e. The van der Waals surface area contributed by atoms with Crippen molar-refractivity contribution in [1.29, 1.82) is 0 Å². The summed E-state index contributed by atoms with van der Waals surface area (Å²) in [6.45, 7) is 1.78. The van der Waals surface area contributed by atoms with Crippen LogP contribution in [0.25, 0.3) is 0 Å². The first-order valence-electron chi connectivity index (χ1n) is 5.88. The number of nitrogens with zero attached hydrogens (tertiary/aromatic N) is 1. The Morgan fingerprint density at radius 3 is 2.84 bits per heavy atom. The number of aliphatic carboxylic acids is 1. The maximum absolute atomic E-state index is 12.3. The summed E-state index contributed by atoms with van der Waals surface area (Å²) < 4.78 is 10.5. The second-order valence-corrected chi connectivity index (χ2v) is 4.40. The molecule has 0 aliphatic carbocycles. The van der Waals surface area contributed by atoms with Gasteiger partial charge in [0.05, 0.1) is 12.0 Å². The molecule has 1 heterocycles. The first-order valence-corrected chi connectivity index (χ1v) is 5.88. The van der Waals surface area contributed by atoms with E-state index in [9.17, 15) is 9.59 Å². The van der Waals surface area contributed by atoms with E-state index < -0.39 is 12.0 Å². The number of hydrogen-bond acceptors (Lipinski definition) is 4. The molecule has 1 amide bonds. The summed E-state index contributed by atoms with van der Waals surface area (Å²) in [5.74, 6) is -0.270. The second kappa shape index (κ2) is 5.17. The maximum Gasteiger partial charge on any atom is 0.305 e. The third-order valence-corrected chi connectivity index (χ3v) is 3.08. The molecule has 1 unspecified atom stereocenters. The fourth-order valence-electron chi connectivity index (χ4n) is 1.88. The molecule has 102 valence electrons. The van der Waals surface area contributed by atoms with E-state index in [0.29, 0.717) is 17.1 Å². The van der Waals surface area contributed by atoms with Crippen LogP contribution in [0, 0.1) is 0 Å². The highest BCUT2D eigenvalue weighted by molar-refractivity contribution is 5.98. The summed E-state index contributed by atoms with van der Waals surface area (Å²) in [5.41, 5.74) is 0.384. The zero-order valence-electron chi connectivity index (χ0n) is 10.8. The Morgan fingerprint density at radius 1 is 1.42 bits per heavy atom. The van der Waals surface area contributed by atoms with Crippen molar-refractivity contribution in [1.82, 2.24) is 4.90 Å². The number of carbonyl (C=O) groups excluding carboxylic acids is 1. The molecule has 1 aliphatic rings. The Balaban J connectivity index is 2.20. The predicted molar refractivity (Wildman–Crippen MR) is 66.4 cm³/mol. The minimum absolute atomic E-state index is 0.0913. The molecular weight excluding hydrogens is 250 g/mol. The van der Waals surface area contributed by atoms with Crippen molar-refractivity contribution in [3.05, 3.63) is 23.8 Å². The minimum Gasteiger partial charge on any atom is -0.481 e. The number of rotatable bonds is 4. The Bertz CT molecular complexity index is 514. The number of ether oxygens (including phenoxy) is 2. The molecule has 0 saturated heterocycles. The highest BCUT2D eigenvalue weighted by Gasteiger charge is 2.26. The largest absolute Gasteiger partial charge is 0.481 e. The van der Waals surface area contributed by atoms with Gasteiger partial charge in [-0.3, -0.25) is 9.59 Å². The Labute approximate surface area is 110 Å². The lowest BCUT2D eigenvalue weighted by Gasteiger charge is -2.24. The van der Waals surface area contributed by atoms with Crippen molar-refractivity contribution < 1.29 is 24.2 Å². The van der Waals surface area contributed by atoms with Crippen molar-refractivity contribution >= 4 is 11.9 Å². The lowest BCUT2D eigenvalue weighted by atomic mass is 10.1. The van der Waals surface area contributed by atoms with Crippen LogP contribution in [0.1, 0.15) is 23.7 Å². The molecule has 1 aromatic rings. The zero-order valence-corrected chi connectivity index (χ0v) is 10.8. The van der Waals surface area contributed by atoms with Crippen LogP contribution in [0.15, 0.2) is 18.2 Å². The average Bonchev–Trinajstić information content (AvgIpc) is 2.84. The second-order valence-electron chi connectivity index (χ2n) is 4.40. The van der Waals surface area contributed by atoms with E-state index in [1.165, 1.54) is 4.90 Å². The van der Waals surface area contributed by atoms with Crippen molar-refractivity contribution in [2.24, 2.45) is 0 Å². The zero-order chi connectivity index (χ0) is 14.0. The average molecular weight is 265 g/mol. The van der Waals surface area contributed by atoms with Crippen LogP contribution in [-0.4, -0.2) is 41.8 Å². The van der Waals surface area contributed by atoms with Gasteiger partial charge >= 0.3 is 5.97 Å². The van der Waals surface area contributed by atoms with Gasteiger partial charge in [0.15, 0.2) is 11.5 Å². The molecule has 0 fully saturated rings. The van der Waals surface area contributed by atoms with E-state index in [2.05, 4.69) is 0 Å². The molecule has 0 radical (unpaired) electrons. The molecule has 6 heteroatoms. The third-order valence-electron chi connectivity index (χ3n) is 3.08. The SMILES string of the molecule is CC(CC(=O)O)N(C)C(=O)c1cccc2c1OCO2. The van der Waals surface area contributed by atoms with E-state index in [0.717, 1.165) is 0 Å². The molecule has 1 aliphatic heterocycles. The maximum atomic E-state index is 12.3. The molecule has 1 atom stereocenters. The van der Waals surface area contributed by atoms with Gasteiger partial charge in [-0.2, -0.15) is 0 Å². The van der Waals surface area contributed by atoms with Crippen molar-refractivity contribution in [2.45, 2.75) is 19.4 Å². The summed E-state index contributed by atoms with van der Waals surface area (Å²) in [5, 5.41) is 8.76. The summed E-state index contributed by atoms with van der Waals surface area (Å²) in [6, 6.07) is 4.67. The highest BCUT2D eigenvalue weighted by atomic mass is 16.7. The number of carboxylic acid groups (broad SMARTS) is 1. The van der Waals surface area contributed by atoms with E-state index >= 15 is 0 Å². The quantitative estimate of drug-likeness (QED) is 0.889. The van der Waals surface area contributed by atoms with Gasteiger partial charge in [-0.25, -0.2) is 0 Å². The predicted octanol–water partition coefficient (Wildman–Crippen LogP) is 1.35. The fourth-order valence-corrected chi connectivity index (χ4v) is 1.88. The fraction of sp³-hybridized carbons (Fsp3) is 0.385. The van der Waals surface area contributed by atoms with Gasteiger partial charge in [0, 0.05) is 13.1 Å². The summed E-state index contributed by atoms with van der Waals surface area (Å²) >= 11 is 0. The standard InChI is InChI=1S/C13H15NO5/c1-8(6-11(15)16)14(2)13(17)9-4-3-5-10-12(9)19-7-18-10/h3-5,8H,6-7H2,1-2H3,(H,15,16). The van der Waals surface area contributed by atoms with Crippen molar-refractivity contribution in [2.75, 3.05) is 13.8 Å². The molecular formula is C13H15NO5. The molecule has 0 bridgehead atoms. The lowest BCUT2D eigenvalue weighted by molar-refractivity contribution is -0.137. The summed E-state index contributed by atoms with van der Waals surface area (Å²) in [6.07, 6.45) is -0.103. The number of fused-ring (bicyclic) bond motifs is 1. The first kappa shape index (κ1) is 13.2. The summed E-state index contributed by atoms with van der Waals surface area (Å²) in [7, 11) is 1.57. The van der Waals surface area contributed by atoms with Gasteiger partial charge in [-0.15, -0.1) is 0 Å². The molecule has 0 saturated carbocycles. The van der Waals surface area contributed by atoms with Crippen LogP contribution in [0.4, 0.5) is 0 Å². The first-order chi connectivity index (χ1) is 9.00. The van der Waals surface area contributed by atoms with Crippen LogP contribution in [0.5, 0.6) is 11.5 Å². The van der Waals surface area contributed by atoms with E-state index in [-0.39, 0.29) is 19.1 Å². The number of benzene rings is 1. The van der Waals surface area contributed by atoms with E-state index in [1.807, 2.05) is 0 Å². The van der Waals surface area contributed by atoms with Gasteiger partial charge in [-0.1, -0.05) is 6.07 Å². The van der Waals surface area contributed by atoms with Crippen LogP contribution in [0.2, 0.25) is 0 Å². The van der Waals surface area contributed by atoms with Crippen LogP contribution >= 0.6 is 0 Å². The van der Waals surface area contributed by atoms with Gasteiger partial charge in [0.25, 0.3) is 5.91 Å². The van der Waals surface area contributed by atoms with E-state index in [1.54, 1.807) is 32.2 Å². The van der Waals surface area contributed by atoms with Gasteiger partial charge in [0.1, 0.15) is 0 Å². The van der Waals surface area contributed by atoms with Gasteiger partial charge < -0.3 is 19.5 Å². The molecule has 6 nitrogen and oxygen atoms in total. The van der Waals surface area contributed by atoms with Crippen LogP contribution in [-0.2, 0) is 4.79 Å². The van der Waals surface area contributed by atoms with Crippen LogP contribution < -0.4 is 9.47 Å². The molecule has 0 aromatic heterocycles. The topological polar surface area (TPSA) is 76.1 Å². The molecule has 2 rings (SSSR count). The van der Waals surface area contributed by atoms with Crippen molar-refractivity contribution in [3.8, 4) is 11.5 Å². The monoisotopic (exact) mass is 265 g/mol. The minimum atomic E-state index is -0.940. The molecule has 0 spiro atoms. The number of amides is 1. The van der Waals surface area contributed by atoms with Gasteiger partial charge in [-0.05, 0) is 19.1 Å². The Kier molecular flexibility index (Phi) is 3.59. The highest BCUT2D eigenvalue weighted by Crippen LogP contribution is 2.35. The molecule has 19 heavy (non-hydrogen) atoms. The van der Waals surface area contributed by atoms with E-state index in [4.69, 9.17) is 14.6 Å². The Hall–Kier alpha value is -2.24. The lowest BCUT2D eigenvalue weighted by Crippen LogP contribution is -2.36. The third kappa shape index (κ3) is 2.62. The normalized spacial score (nSPS) is 14.0. The van der Waals surface area contributed by atoms with Gasteiger partial charge in [0.2, 0.25) is 6.79 Å². The number of carboxylic acids is 1. The van der Waals surface area contributed by atoms with Crippen LogP contribution in [0.3, 0.4) is 0 Å². The summed E-state index contributed by atoms with van der Waals surface area (Å²) in [4.78, 5) is 24.4. The Morgan fingerprint density at radius 2 is 2.16 bits per heavy atom. The number of para-hydroxylation sites is 1. The number of hydrogen-bond donors (Lipinski definition) is 1. The van der Waals surface area contributed by atoms with Crippen molar-refractivity contribution in [3.63, 3.8) is 0 Å². The molecule has 1 aromatic carbocycles.